The summed E-state index contributed by atoms with van der Waals surface area (Å²) in [7, 11) is 0. The smallest absolute Gasteiger partial charge is 0.330 e. The summed E-state index contributed by atoms with van der Waals surface area (Å²) in [4.78, 5) is 42.4. The predicted molar refractivity (Wildman–Crippen MR) is 133 cm³/mol. The first-order chi connectivity index (χ1) is 15.7. The summed E-state index contributed by atoms with van der Waals surface area (Å²) in [6.45, 7) is 13.9. The molecule has 7 nitrogen and oxygen atoms in total. The topological polar surface area (TPSA) is 87.2 Å². The van der Waals surface area contributed by atoms with Gasteiger partial charge in [0, 0.05) is 19.6 Å². The van der Waals surface area contributed by atoms with Crippen molar-refractivity contribution in [3.63, 3.8) is 0 Å². The number of nitrogens with zero attached hydrogens (tertiary/aromatic N) is 2. The Morgan fingerprint density at radius 3 is 2.24 bits per heavy atom. The molecule has 0 bridgehead atoms. The van der Waals surface area contributed by atoms with Crippen molar-refractivity contribution in [1.82, 2.24) is 9.80 Å². The van der Waals surface area contributed by atoms with E-state index in [4.69, 9.17) is 4.74 Å². The van der Waals surface area contributed by atoms with Crippen LogP contribution in [0.25, 0.3) is 0 Å². The molecule has 190 valence electrons. The Bertz CT molecular complexity index is 856. The molecule has 1 aromatic rings. The van der Waals surface area contributed by atoms with Crippen LogP contribution in [-0.2, 0) is 20.7 Å². The second-order valence-corrected chi connectivity index (χ2v) is 11.2. The van der Waals surface area contributed by atoms with Crippen LogP contribution in [0.5, 0.6) is 0 Å². The maximum Gasteiger partial charge on any atom is 0.330 e. The summed E-state index contributed by atoms with van der Waals surface area (Å²) in [5, 5.41) is 10.2. The van der Waals surface area contributed by atoms with Gasteiger partial charge in [0.15, 0.2) is 0 Å². The molecule has 0 spiro atoms. The summed E-state index contributed by atoms with van der Waals surface area (Å²) in [6.07, 6.45) is 2.27. The van der Waals surface area contributed by atoms with Crippen LogP contribution < -0.4 is 0 Å². The first kappa shape index (κ1) is 27.7. The monoisotopic (exact) mass is 474 g/mol. The van der Waals surface area contributed by atoms with E-state index in [-0.39, 0.29) is 18.5 Å². The minimum atomic E-state index is -1.27. The van der Waals surface area contributed by atoms with Crippen molar-refractivity contribution in [2.45, 2.75) is 85.3 Å². The van der Waals surface area contributed by atoms with Gasteiger partial charge in [0.2, 0.25) is 0 Å². The van der Waals surface area contributed by atoms with Crippen LogP contribution in [-0.4, -0.2) is 63.7 Å². The normalized spacial score (nSPS) is 19.6. The third kappa shape index (κ3) is 6.30. The molecule has 7 heteroatoms. The number of aryl methyl sites for hydroxylation is 1. The molecule has 34 heavy (non-hydrogen) atoms. The van der Waals surface area contributed by atoms with Gasteiger partial charge >= 0.3 is 18.0 Å². The van der Waals surface area contributed by atoms with Crippen LogP contribution >= 0.6 is 0 Å². The quantitative estimate of drug-likeness (QED) is 0.537. The van der Waals surface area contributed by atoms with Gasteiger partial charge in [0.25, 0.3) is 0 Å². The fourth-order valence-electron chi connectivity index (χ4n) is 4.83. The third-order valence-electron chi connectivity index (χ3n) is 6.66. The van der Waals surface area contributed by atoms with Crippen molar-refractivity contribution >= 4 is 18.0 Å². The fraction of sp³-hybridized carbons (Fsp3) is 0.667. The Morgan fingerprint density at radius 1 is 1.12 bits per heavy atom. The Balaban J connectivity index is 2.28. The summed E-state index contributed by atoms with van der Waals surface area (Å²) in [5.41, 5.74) is -1.43. The number of carbonyl (C=O) groups is 3. The highest BCUT2D eigenvalue weighted by Crippen LogP contribution is 2.44. The number of aliphatic carboxylic acids is 1. The lowest BCUT2D eigenvalue weighted by Crippen LogP contribution is -2.63. The minimum Gasteiger partial charge on any atom is -0.479 e. The SMILES string of the molecule is CCN(CC(CCc1ccccc1)C(=O)OC(C)(C)C)C(=O)N1CCC[C@]1(C(=O)O)C(C)(C)C. The molecule has 0 aromatic heterocycles. The number of carboxylic acids is 1. The average molecular weight is 475 g/mol. The van der Waals surface area contributed by atoms with Crippen molar-refractivity contribution in [1.29, 1.82) is 0 Å². The largest absolute Gasteiger partial charge is 0.479 e. The molecule has 0 saturated carbocycles. The number of rotatable bonds is 8. The van der Waals surface area contributed by atoms with Gasteiger partial charge in [-0.25, -0.2) is 9.59 Å². The molecule has 1 fully saturated rings. The zero-order valence-electron chi connectivity index (χ0n) is 21.9. The van der Waals surface area contributed by atoms with E-state index in [0.717, 1.165) is 5.56 Å². The van der Waals surface area contributed by atoms with E-state index in [2.05, 4.69) is 0 Å². The average Bonchev–Trinajstić information content (AvgIpc) is 3.19. The van der Waals surface area contributed by atoms with Gasteiger partial charge in [-0.15, -0.1) is 0 Å². The van der Waals surface area contributed by atoms with Crippen LogP contribution in [0.1, 0.15) is 73.3 Å². The van der Waals surface area contributed by atoms with Crippen molar-refractivity contribution in [2.24, 2.45) is 11.3 Å². The van der Waals surface area contributed by atoms with Crippen LogP contribution in [0.3, 0.4) is 0 Å². The molecule has 2 amide bonds. The number of hydrogen-bond acceptors (Lipinski definition) is 4. The maximum absolute atomic E-state index is 13.7. The van der Waals surface area contributed by atoms with E-state index in [0.29, 0.717) is 38.8 Å². The highest BCUT2D eigenvalue weighted by atomic mass is 16.6. The molecule has 1 N–H and O–H groups in total. The van der Waals surface area contributed by atoms with E-state index >= 15 is 0 Å². The highest BCUT2D eigenvalue weighted by molar-refractivity contribution is 5.88. The number of carboxylic acid groups (broad SMARTS) is 1. The van der Waals surface area contributed by atoms with E-state index < -0.39 is 28.4 Å². The van der Waals surface area contributed by atoms with E-state index in [1.54, 1.807) is 4.90 Å². The van der Waals surface area contributed by atoms with Gasteiger partial charge in [0.1, 0.15) is 11.1 Å². The van der Waals surface area contributed by atoms with Crippen LogP contribution in [0.4, 0.5) is 4.79 Å². The van der Waals surface area contributed by atoms with Crippen molar-refractivity contribution in [3.05, 3.63) is 35.9 Å². The fourth-order valence-corrected chi connectivity index (χ4v) is 4.83. The number of hydrogen-bond donors (Lipinski definition) is 1. The molecule has 2 rings (SSSR count). The van der Waals surface area contributed by atoms with Crippen molar-refractivity contribution in [3.8, 4) is 0 Å². The summed E-state index contributed by atoms with van der Waals surface area (Å²) in [6, 6.07) is 9.58. The Labute approximate surface area is 204 Å². The molecule has 1 saturated heterocycles. The first-order valence-electron chi connectivity index (χ1n) is 12.3. The molecule has 1 aliphatic heterocycles. The number of likely N-dealkylation sites (tertiary alicyclic amines) is 1. The molecule has 0 radical (unpaired) electrons. The predicted octanol–water partition coefficient (Wildman–Crippen LogP) is 4.98. The number of benzene rings is 1. The lowest BCUT2D eigenvalue weighted by atomic mass is 9.72. The number of urea groups is 1. The summed E-state index contributed by atoms with van der Waals surface area (Å²) in [5.74, 6) is -1.83. The number of ether oxygens (including phenoxy) is 1. The molecule has 1 unspecified atom stereocenters. The molecular weight excluding hydrogens is 432 g/mol. The minimum absolute atomic E-state index is 0.188. The summed E-state index contributed by atoms with van der Waals surface area (Å²) >= 11 is 0. The zero-order valence-corrected chi connectivity index (χ0v) is 21.9. The third-order valence-corrected chi connectivity index (χ3v) is 6.66. The molecule has 2 atom stereocenters. The second-order valence-electron chi connectivity index (χ2n) is 11.2. The Kier molecular flexibility index (Phi) is 8.78. The second kappa shape index (κ2) is 10.8. The zero-order chi connectivity index (χ0) is 25.7. The number of carbonyl (C=O) groups excluding carboxylic acids is 2. The Hall–Kier alpha value is -2.57. The lowest BCUT2D eigenvalue weighted by Gasteiger charge is -2.46. The number of amides is 2. The van der Waals surface area contributed by atoms with Crippen LogP contribution in [0, 0.1) is 11.3 Å². The number of esters is 1. The van der Waals surface area contributed by atoms with Gasteiger partial charge < -0.3 is 19.6 Å². The van der Waals surface area contributed by atoms with Gasteiger partial charge in [-0.2, -0.15) is 0 Å². The van der Waals surface area contributed by atoms with Gasteiger partial charge in [0.05, 0.1) is 5.92 Å². The Morgan fingerprint density at radius 2 is 1.74 bits per heavy atom. The van der Waals surface area contributed by atoms with Crippen molar-refractivity contribution < 1.29 is 24.2 Å². The molecule has 1 heterocycles. The first-order valence-corrected chi connectivity index (χ1v) is 12.3. The van der Waals surface area contributed by atoms with Gasteiger partial charge in [-0.3, -0.25) is 4.79 Å². The molecule has 1 aliphatic rings. The van der Waals surface area contributed by atoms with Gasteiger partial charge in [-0.1, -0.05) is 51.1 Å². The molecular formula is C27H42N2O5. The lowest BCUT2D eigenvalue weighted by molar-refractivity contribution is -0.161. The van der Waals surface area contributed by atoms with Crippen molar-refractivity contribution in [2.75, 3.05) is 19.6 Å². The highest BCUT2D eigenvalue weighted by Gasteiger charge is 2.58. The summed E-state index contributed by atoms with van der Waals surface area (Å²) < 4.78 is 5.69. The van der Waals surface area contributed by atoms with Crippen LogP contribution in [0.15, 0.2) is 30.3 Å². The van der Waals surface area contributed by atoms with Crippen LogP contribution in [0.2, 0.25) is 0 Å². The standard InChI is InChI=1S/C27H42N2O5/c1-8-28(24(33)29-18-12-17-27(29,23(31)32)25(2,3)4)19-21(22(30)34-26(5,6)7)16-15-20-13-10-9-11-14-20/h9-11,13-14,21H,8,12,15-19H2,1-7H3,(H,31,32)/t21?,27-/m0/s1. The van der Waals surface area contributed by atoms with E-state index in [1.807, 2.05) is 78.8 Å². The molecule has 0 aliphatic carbocycles. The maximum atomic E-state index is 13.7. The van der Waals surface area contributed by atoms with Gasteiger partial charge in [-0.05, 0) is 64.4 Å². The van der Waals surface area contributed by atoms with E-state index in [1.165, 1.54) is 4.90 Å². The van der Waals surface area contributed by atoms with E-state index in [9.17, 15) is 19.5 Å². The molecule has 1 aromatic carbocycles.